The molecule has 0 bridgehead atoms. The fourth-order valence-electron chi connectivity index (χ4n) is 3.14. The number of amides is 1. The molecular weight excluding hydrogens is 313 g/mol. The summed E-state index contributed by atoms with van der Waals surface area (Å²) in [6, 6.07) is 6.34. The van der Waals surface area contributed by atoms with Crippen LogP contribution in [0.1, 0.15) is 28.2 Å². The van der Waals surface area contributed by atoms with Crippen LogP contribution in [0.15, 0.2) is 24.3 Å². The molecule has 1 aliphatic carbocycles. The molecule has 3 rings (SSSR count). The van der Waals surface area contributed by atoms with Gasteiger partial charge in [-0.2, -0.15) is 5.10 Å². The van der Waals surface area contributed by atoms with Gasteiger partial charge in [-0.05, 0) is 31.4 Å². The van der Waals surface area contributed by atoms with Crippen LogP contribution in [-0.4, -0.2) is 57.1 Å². The minimum absolute atomic E-state index is 0.126. The van der Waals surface area contributed by atoms with Gasteiger partial charge in [0, 0.05) is 24.3 Å². The Kier molecular flexibility index (Phi) is 4.92. The number of aliphatic hydroxyl groups is 2. The number of para-hydroxylation sites is 1. The van der Waals surface area contributed by atoms with Crippen LogP contribution < -0.4 is 0 Å². The van der Waals surface area contributed by atoms with Gasteiger partial charge in [0.25, 0.3) is 5.91 Å². The third kappa shape index (κ3) is 2.92. The monoisotopic (exact) mass is 333 g/mol. The number of nitrogens with zero attached hydrogens (tertiary/aromatic N) is 3. The molecule has 7 heteroatoms. The fourth-order valence-corrected chi connectivity index (χ4v) is 3.14. The highest BCUT2D eigenvalue weighted by atomic mass is 19.1. The predicted molar refractivity (Wildman–Crippen MR) is 85.6 cm³/mol. The van der Waals surface area contributed by atoms with Gasteiger partial charge in [-0.1, -0.05) is 12.1 Å². The van der Waals surface area contributed by atoms with Crippen molar-refractivity contribution in [1.29, 1.82) is 0 Å². The number of fused-ring (bicyclic) bond motifs is 1. The van der Waals surface area contributed by atoms with Crippen LogP contribution in [0, 0.1) is 5.82 Å². The maximum atomic E-state index is 14.1. The lowest BCUT2D eigenvalue weighted by atomic mass is 10.2. The molecule has 0 aliphatic heterocycles. The molecule has 1 aromatic carbocycles. The van der Waals surface area contributed by atoms with E-state index in [0.29, 0.717) is 5.69 Å². The number of hydrogen-bond acceptors (Lipinski definition) is 4. The van der Waals surface area contributed by atoms with Crippen molar-refractivity contribution in [3.63, 3.8) is 0 Å². The van der Waals surface area contributed by atoms with Crippen LogP contribution in [0.4, 0.5) is 4.39 Å². The van der Waals surface area contributed by atoms with Gasteiger partial charge in [-0.25, -0.2) is 9.07 Å². The van der Waals surface area contributed by atoms with Crippen molar-refractivity contribution in [2.24, 2.45) is 0 Å². The molecule has 0 radical (unpaired) electrons. The number of rotatable bonds is 6. The van der Waals surface area contributed by atoms with E-state index >= 15 is 0 Å². The number of aromatic nitrogens is 2. The van der Waals surface area contributed by atoms with E-state index in [0.717, 1.165) is 30.5 Å². The summed E-state index contributed by atoms with van der Waals surface area (Å²) >= 11 is 0. The van der Waals surface area contributed by atoms with E-state index < -0.39 is 5.82 Å². The number of halogens is 1. The largest absolute Gasteiger partial charge is 0.395 e. The van der Waals surface area contributed by atoms with Crippen molar-refractivity contribution in [3.8, 4) is 5.69 Å². The molecule has 6 nitrogen and oxygen atoms in total. The number of aliphatic hydroxyl groups excluding tert-OH is 2. The Balaban J connectivity index is 2.03. The van der Waals surface area contributed by atoms with Gasteiger partial charge in [0.2, 0.25) is 0 Å². The summed E-state index contributed by atoms with van der Waals surface area (Å²) in [6.45, 7) is -0.134. The average molecular weight is 333 g/mol. The molecule has 2 N–H and O–H groups in total. The molecule has 1 heterocycles. The number of carbonyl (C=O) groups excluding carboxylic acids is 1. The standard InChI is InChI=1S/C17H20FN3O3/c18-13-5-1-2-6-15(13)21-14-7-3-4-12(14)16(19-21)17(24)20(8-10-22)9-11-23/h1-2,5-6,22-23H,3-4,7-11H2. The minimum Gasteiger partial charge on any atom is -0.395 e. The Morgan fingerprint density at radius 2 is 1.92 bits per heavy atom. The second-order valence-corrected chi connectivity index (χ2v) is 5.73. The summed E-state index contributed by atoms with van der Waals surface area (Å²) in [5.41, 5.74) is 2.30. The quantitative estimate of drug-likeness (QED) is 0.824. The topological polar surface area (TPSA) is 78.6 Å². The summed E-state index contributed by atoms with van der Waals surface area (Å²) in [5, 5.41) is 22.6. The van der Waals surface area contributed by atoms with Gasteiger partial charge in [-0.3, -0.25) is 4.79 Å². The summed E-state index contributed by atoms with van der Waals surface area (Å²) in [7, 11) is 0. The Morgan fingerprint density at radius 3 is 2.58 bits per heavy atom. The van der Waals surface area contributed by atoms with E-state index in [1.807, 2.05) is 0 Å². The van der Waals surface area contributed by atoms with E-state index in [4.69, 9.17) is 10.2 Å². The Morgan fingerprint density at radius 1 is 1.21 bits per heavy atom. The van der Waals surface area contributed by atoms with Gasteiger partial charge >= 0.3 is 0 Å². The number of carbonyl (C=O) groups is 1. The van der Waals surface area contributed by atoms with Gasteiger partial charge < -0.3 is 15.1 Å². The maximum Gasteiger partial charge on any atom is 0.274 e. The highest BCUT2D eigenvalue weighted by Gasteiger charge is 2.29. The maximum absolute atomic E-state index is 14.1. The predicted octanol–water partition coefficient (Wildman–Crippen LogP) is 0.927. The summed E-state index contributed by atoms with van der Waals surface area (Å²) in [4.78, 5) is 14.1. The zero-order chi connectivity index (χ0) is 17.1. The van der Waals surface area contributed by atoms with Crippen LogP contribution in [0.2, 0.25) is 0 Å². The lowest BCUT2D eigenvalue weighted by Gasteiger charge is -2.19. The Labute approximate surface area is 139 Å². The van der Waals surface area contributed by atoms with Gasteiger partial charge in [0.15, 0.2) is 5.69 Å². The lowest BCUT2D eigenvalue weighted by molar-refractivity contribution is 0.0677. The second-order valence-electron chi connectivity index (χ2n) is 5.73. The van der Waals surface area contributed by atoms with Crippen molar-refractivity contribution in [1.82, 2.24) is 14.7 Å². The summed E-state index contributed by atoms with van der Waals surface area (Å²) in [6.07, 6.45) is 2.35. The Bertz CT molecular complexity index is 739. The third-order valence-electron chi connectivity index (χ3n) is 4.24. The first-order valence-electron chi connectivity index (χ1n) is 8.04. The first-order valence-corrected chi connectivity index (χ1v) is 8.04. The molecule has 0 spiro atoms. The molecule has 128 valence electrons. The van der Waals surface area contributed by atoms with Crippen molar-refractivity contribution >= 4 is 5.91 Å². The van der Waals surface area contributed by atoms with Crippen LogP contribution in [0.3, 0.4) is 0 Å². The van der Waals surface area contributed by atoms with Gasteiger partial charge in [0.05, 0.1) is 13.2 Å². The molecular formula is C17H20FN3O3. The van der Waals surface area contributed by atoms with Crippen molar-refractivity contribution < 1.29 is 19.4 Å². The minimum atomic E-state index is -0.392. The lowest BCUT2D eigenvalue weighted by Crippen LogP contribution is -2.36. The van der Waals surface area contributed by atoms with Crippen molar-refractivity contribution in [3.05, 3.63) is 47.0 Å². The molecule has 0 atom stereocenters. The van der Waals surface area contributed by atoms with E-state index in [9.17, 15) is 9.18 Å². The fraction of sp³-hybridized carbons (Fsp3) is 0.412. The summed E-state index contributed by atoms with van der Waals surface area (Å²) < 4.78 is 15.6. The molecule has 0 fully saturated rings. The van der Waals surface area contributed by atoms with E-state index in [2.05, 4.69) is 5.10 Å². The normalized spacial score (nSPS) is 13.1. The zero-order valence-corrected chi connectivity index (χ0v) is 13.3. The van der Waals surface area contributed by atoms with Gasteiger partial charge in [0.1, 0.15) is 11.5 Å². The molecule has 1 amide bonds. The second kappa shape index (κ2) is 7.11. The first-order chi connectivity index (χ1) is 11.7. The third-order valence-corrected chi connectivity index (χ3v) is 4.24. The molecule has 2 aromatic rings. The van der Waals surface area contributed by atoms with Crippen molar-refractivity contribution in [2.45, 2.75) is 19.3 Å². The molecule has 1 aliphatic rings. The Hall–Kier alpha value is -2.25. The molecule has 0 saturated carbocycles. The highest BCUT2D eigenvalue weighted by Crippen LogP contribution is 2.29. The number of hydrogen-bond donors (Lipinski definition) is 2. The van der Waals surface area contributed by atoms with Crippen LogP contribution in [0.25, 0.3) is 5.69 Å². The van der Waals surface area contributed by atoms with Crippen LogP contribution in [0.5, 0.6) is 0 Å². The van der Waals surface area contributed by atoms with Crippen LogP contribution in [-0.2, 0) is 12.8 Å². The van der Waals surface area contributed by atoms with Crippen molar-refractivity contribution in [2.75, 3.05) is 26.3 Å². The molecule has 24 heavy (non-hydrogen) atoms. The molecule has 1 aromatic heterocycles. The first kappa shape index (κ1) is 16.6. The smallest absolute Gasteiger partial charge is 0.274 e. The number of benzene rings is 1. The highest BCUT2D eigenvalue weighted by molar-refractivity contribution is 5.94. The summed E-state index contributed by atoms with van der Waals surface area (Å²) in [5.74, 6) is -0.734. The average Bonchev–Trinajstić information content (AvgIpc) is 3.17. The van der Waals surface area contributed by atoms with E-state index in [1.165, 1.54) is 15.6 Å². The zero-order valence-electron chi connectivity index (χ0n) is 13.3. The van der Waals surface area contributed by atoms with E-state index in [1.54, 1.807) is 18.2 Å². The molecule has 0 unspecified atom stereocenters. The molecule has 0 saturated heterocycles. The van der Waals surface area contributed by atoms with E-state index in [-0.39, 0.29) is 37.9 Å². The van der Waals surface area contributed by atoms with Crippen LogP contribution >= 0.6 is 0 Å². The van der Waals surface area contributed by atoms with Gasteiger partial charge in [-0.15, -0.1) is 0 Å². The SMILES string of the molecule is O=C(c1nn(-c2ccccc2F)c2c1CCC2)N(CCO)CCO.